The average molecular weight is 344 g/mol. The normalized spacial score (nSPS) is 10.2. The van der Waals surface area contributed by atoms with Gasteiger partial charge in [-0.25, -0.2) is 9.59 Å². The first-order valence-electron chi connectivity index (χ1n) is 7.80. The molecule has 0 saturated heterocycles. The third-order valence-corrected chi connectivity index (χ3v) is 4.31. The number of carbonyl (C=O) groups excluding carboxylic acids is 2. The second kappa shape index (κ2) is 9.13. The molecule has 126 valence electrons. The van der Waals surface area contributed by atoms with Crippen molar-refractivity contribution in [2.45, 2.75) is 24.5 Å². The van der Waals surface area contributed by atoms with Gasteiger partial charge < -0.3 is 9.47 Å². The Morgan fingerprint density at radius 2 is 1.58 bits per heavy atom. The van der Waals surface area contributed by atoms with E-state index >= 15 is 0 Å². The molecular weight excluding hydrogens is 324 g/mol. The molecule has 0 spiro atoms. The van der Waals surface area contributed by atoms with Gasteiger partial charge in [0.25, 0.3) is 0 Å². The van der Waals surface area contributed by atoms with Crippen LogP contribution in [-0.4, -0.2) is 25.2 Å². The first-order valence-corrected chi connectivity index (χ1v) is 8.79. The molecule has 0 bridgehead atoms. The summed E-state index contributed by atoms with van der Waals surface area (Å²) in [4.78, 5) is 25.2. The van der Waals surface area contributed by atoms with Crippen molar-refractivity contribution in [2.75, 3.05) is 13.2 Å². The number of thioether (sulfide) groups is 1. The quantitative estimate of drug-likeness (QED) is 0.553. The van der Waals surface area contributed by atoms with Crippen LogP contribution < -0.4 is 0 Å². The largest absolute Gasteiger partial charge is 0.462 e. The molecule has 0 heterocycles. The van der Waals surface area contributed by atoms with Crippen LogP contribution in [0.3, 0.4) is 0 Å². The third kappa shape index (κ3) is 4.86. The van der Waals surface area contributed by atoms with Gasteiger partial charge in [-0.15, -0.1) is 11.8 Å². The zero-order valence-corrected chi connectivity index (χ0v) is 14.6. The highest BCUT2D eigenvalue weighted by Crippen LogP contribution is 2.25. The highest BCUT2D eigenvalue weighted by atomic mass is 32.2. The van der Waals surface area contributed by atoms with Crippen LogP contribution in [0, 0.1) is 0 Å². The van der Waals surface area contributed by atoms with Crippen molar-refractivity contribution in [2.24, 2.45) is 0 Å². The predicted octanol–water partition coefficient (Wildman–Crippen LogP) is 4.33. The van der Waals surface area contributed by atoms with Gasteiger partial charge in [0.1, 0.15) is 0 Å². The van der Waals surface area contributed by atoms with Crippen molar-refractivity contribution >= 4 is 23.7 Å². The Hall–Kier alpha value is -2.27. The minimum absolute atomic E-state index is 0.285. The van der Waals surface area contributed by atoms with E-state index in [4.69, 9.17) is 9.47 Å². The van der Waals surface area contributed by atoms with Gasteiger partial charge >= 0.3 is 11.9 Å². The lowest BCUT2D eigenvalue weighted by atomic mass is 10.1. The van der Waals surface area contributed by atoms with Crippen molar-refractivity contribution in [1.29, 1.82) is 0 Å². The van der Waals surface area contributed by atoms with Crippen LogP contribution in [0.15, 0.2) is 53.4 Å². The summed E-state index contributed by atoms with van der Waals surface area (Å²) in [5, 5.41) is 0. The van der Waals surface area contributed by atoms with Crippen LogP contribution >= 0.6 is 11.8 Å². The van der Waals surface area contributed by atoms with Gasteiger partial charge in [0, 0.05) is 10.6 Å². The van der Waals surface area contributed by atoms with Crippen LogP contribution in [0.2, 0.25) is 0 Å². The van der Waals surface area contributed by atoms with E-state index in [-0.39, 0.29) is 6.61 Å². The van der Waals surface area contributed by atoms with E-state index in [0.717, 1.165) is 10.5 Å². The number of carbonyl (C=O) groups is 2. The number of ether oxygens (including phenoxy) is 2. The Morgan fingerprint density at radius 1 is 0.917 bits per heavy atom. The van der Waals surface area contributed by atoms with Crippen LogP contribution in [0.4, 0.5) is 0 Å². The molecule has 4 nitrogen and oxygen atoms in total. The van der Waals surface area contributed by atoms with Crippen molar-refractivity contribution in [3.63, 3.8) is 0 Å². The van der Waals surface area contributed by atoms with Crippen molar-refractivity contribution < 1.29 is 19.1 Å². The number of hydrogen-bond acceptors (Lipinski definition) is 5. The Bertz CT molecular complexity index is 698. The molecule has 0 saturated carbocycles. The van der Waals surface area contributed by atoms with Gasteiger partial charge in [0.2, 0.25) is 0 Å². The Labute approximate surface area is 146 Å². The molecule has 2 aromatic rings. The number of hydrogen-bond donors (Lipinski definition) is 0. The second-order valence-electron chi connectivity index (χ2n) is 4.91. The summed E-state index contributed by atoms with van der Waals surface area (Å²) < 4.78 is 10.1. The summed E-state index contributed by atoms with van der Waals surface area (Å²) in [7, 11) is 0. The standard InChI is InChI=1S/C19H20O4S/c1-3-22-18(20)14-10-11-15(17(12-14)19(21)23-4-2)13-24-16-8-6-5-7-9-16/h5-12H,3-4,13H2,1-2H3. The minimum atomic E-state index is -0.440. The molecule has 0 atom stereocenters. The van der Waals surface area contributed by atoms with E-state index in [0.29, 0.717) is 23.5 Å². The monoisotopic (exact) mass is 344 g/mol. The fraction of sp³-hybridized carbons (Fsp3) is 0.263. The van der Waals surface area contributed by atoms with Crippen molar-refractivity contribution in [1.82, 2.24) is 0 Å². The second-order valence-corrected chi connectivity index (χ2v) is 5.96. The first-order chi connectivity index (χ1) is 11.7. The van der Waals surface area contributed by atoms with Crippen LogP contribution in [0.1, 0.15) is 40.1 Å². The summed E-state index contributed by atoms with van der Waals surface area (Å²) >= 11 is 1.62. The molecule has 5 heteroatoms. The van der Waals surface area contributed by atoms with Gasteiger partial charge in [-0.2, -0.15) is 0 Å². The fourth-order valence-electron chi connectivity index (χ4n) is 2.12. The van der Waals surface area contributed by atoms with E-state index in [1.165, 1.54) is 0 Å². The fourth-order valence-corrected chi connectivity index (χ4v) is 3.04. The number of esters is 2. The van der Waals surface area contributed by atoms with E-state index in [9.17, 15) is 9.59 Å². The van der Waals surface area contributed by atoms with Crippen molar-refractivity contribution in [3.05, 3.63) is 65.2 Å². The molecule has 0 fully saturated rings. The molecule has 0 aliphatic heterocycles. The van der Waals surface area contributed by atoms with Crippen molar-refractivity contribution in [3.8, 4) is 0 Å². The zero-order valence-electron chi connectivity index (χ0n) is 13.8. The molecule has 0 aliphatic rings. The molecule has 2 rings (SSSR count). The lowest BCUT2D eigenvalue weighted by Gasteiger charge is -2.11. The van der Waals surface area contributed by atoms with E-state index < -0.39 is 11.9 Å². The zero-order chi connectivity index (χ0) is 17.4. The van der Waals surface area contributed by atoms with E-state index in [1.807, 2.05) is 30.3 Å². The van der Waals surface area contributed by atoms with E-state index in [1.54, 1.807) is 43.8 Å². The van der Waals surface area contributed by atoms with Gasteiger partial charge in [0.15, 0.2) is 0 Å². The maximum absolute atomic E-state index is 12.2. The lowest BCUT2D eigenvalue weighted by Crippen LogP contribution is -2.11. The number of benzene rings is 2. The van der Waals surface area contributed by atoms with Gasteiger partial charge in [-0.3, -0.25) is 0 Å². The summed E-state index contributed by atoms with van der Waals surface area (Å²) in [5.74, 6) is -0.251. The van der Waals surface area contributed by atoms with Crippen LogP contribution in [0.25, 0.3) is 0 Å². The maximum Gasteiger partial charge on any atom is 0.338 e. The smallest absolute Gasteiger partial charge is 0.338 e. The lowest BCUT2D eigenvalue weighted by molar-refractivity contribution is 0.0524. The highest BCUT2D eigenvalue weighted by molar-refractivity contribution is 7.98. The maximum atomic E-state index is 12.2. The minimum Gasteiger partial charge on any atom is -0.462 e. The third-order valence-electron chi connectivity index (χ3n) is 3.25. The molecular formula is C19H20O4S. The molecule has 0 unspecified atom stereocenters. The predicted molar refractivity (Wildman–Crippen MR) is 94.4 cm³/mol. The SMILES string of the molecule is CCOC(=O)c1ccc(CSc2ccccc2)c(C(=O)OCC)c1. The molecule has 0 amide bonds. The summed E-state index contributed by atoms with van der Waals surface area (Å²) in [6.07, 6.45) is 0. The average Bonchev–Trinajstić information content (AvgIpc) is 2.61. The van der Waals surface area contributed by atoms with Crippen LogP contribution in [0.5, 0.6) is 0 Å². The Balaban J connectivity index is 2.24. The van der Waals surface area contributed by atoms with Gasteiger partial charge in [-0.1, -0.05) is 24.3 Å². The summed E-state index contributed by atoms with van der Waals surface area (Å²) in [6, 6.07) is 15.0. The molecule has 0 N–H and O–H groups in total. The van der Waals surface area contributed by atoms with E-state index in [2.05, 4.69) is 0 Å². The first kappa shape index (κ1) is 18.1. The highest BCUT2D eigenvalue weighted by Gasteiger charge is 2.17. The molecule has 0 aliphatic carbocycles. The van der Waals surface area contributed by atoms with Gasteiger partial charge in [-0.05, 0) is 43.7 Å². The van der Waals surface area contributed by atoms with Crippen LogP contribution in [-0.2, 0) is 15.2 Å². The Morgan fingerprint density at radius 3 is 2.25 bits per heavy atom. The topological polar surface area (TPSA) is 52.6 Å². The van der Waals surface area contributed by atoms with Gasteiger partial charge in [0.05, 0.1) is 24.3 Å². The Kier molecular flexibility index (Phi) is 6.88. The summed E-state index contributed by atoms with van der Waals surface area (Å²) in [6.45, 7) is 4.08. The molecule has 0 aromatic heterocycles. The molecule has 0 radical (unpaired) electrons. The summed E-state index contributed by atoms with van der Waals surface area (Å²) in [5.41, 5.74) is 1.59. The molecule has 2 aromatic carbocycles. The molecule has 24 heavy (non-hydrogen) atoms. The number of rotatable bonds is 7.